The van der Waals surface area contributed by atoms with Gasteiger partial charge in [0.1, 0.15) is 16.7 Å². The molecule has 1 aromatic heterocycles. The van der Waals surface area contributed by atoms with Gasteiger partial charge in [0.05, 0.1) is 0 Å². The molecule has 0 atom stereocenters. The van der Waals surface area contributed by atoms with Gasteiger partial charge < -0.3 is 5.73 Å². The van der Waals surface area contributed by atoms with E-state index >= 15 is 0 Å². The predicted molar refractivity (Wildman–Crippen MR) is 78.9 cm³/mol. The number of benzene rings is 1. The summed E-state index contributed by atoms with van der Waals surface area (Å²) in [5.41, 5.74) is 6.54. The molecule has 2 aromatic rings. The van der Waals surface area contributed by atoms with E-state index in [0.29, 0.717) is 11.3 Å². The van der Waals surface area contributed by atoms with Gasteiger partial charge in [-0.3, -0.25) is 5.41 Å². The highest BCUT2D eigenvalue weighted by atomic mass is 79.9. The number of nitrogens with one attached hydrogen (secondary N) is 1. The topological polar surface area (TPSA) is 62.8 Å². The van der Waals surface area contributed by atoms with Gasteiger partial charge >= 0.3 is 0 Å². The smallest absolute Gasteiger partial charge is 0.124 e. The number of thioether (sulfide) groups is 1. The van der Waals surface area contributed by atoms with Crippen LogP contribution in [-0.2, 0) is 5.75 Å². The summed E-state index contributed by atoms with van der Waals surface area (Å²) in [6.45, 7) is 0. The van der Waals surface area contributed by atoms with Crippen molar-refractivity contribution < 1.29 is 4.39 Å². The summed E-state index contributed by atoms with van der Waals surface area (Å²) in [6.07, 6.45) is 1.71. The molecule has 1 aromatic carbocycles. The average Bonchev–Trinajstić information content (AvgIpc) is 2.37. The number of nitrogens with zero attached hydrogens (tertiary/aromatic N) is 1. The Balaban J connectivity index is 2.16. The summed E-state index contributed by atoms with van der Waals surface area (Å²) < 4.78 is 14.3. The molecule has 0 saturated carbocycles. The van der Waals surface area contributed by atoms with Crippen molar-refractivity contribution >= 4 is 33.5 Å². The number of pyridine rings is 1. The second kappa shape index (κ2) is 6.16. The Hall–Kier alpha value is -1.40. The second-order valence-corrected chi connectivity index (χ2v) is 5.66. The lowest BCUT2D eigenvalue weighted by atomic mass is 10.1. The first-order valence-electron chi connectivity index (χ1n) is 5.43. The van der Waals surface area contributed by atoms with Crippen LogP contribution in [0.15, 0.2) is 46.0 Å². The van der Waals surface area contributed by atoms with E-state index in [4.69, 9.17) is 11.1 Å². The minimum absolute atomic E-state index is 0.134. The highest BCUT2D eigenvalue weighted by Crippen LogP contribution is 2.28. The van der Waals surface area contributed by atoms with Crippen LogP contribution >= 0.6 is 27.7 Å². The zero-order chi connectivity index (χ0) is 13.8. The normalized spacial score (nSPS) is 10.4. The van der Waals surface area contributed by atoms with Crippen molar-refractivity contribution in [2.75, 3.05) is 0 Å². The van der Waals surface area contributed by atoms with Crippen LogP contribution in [0, 0.1) is 11.2 Å². The van der Waals surface area contributed by atoms with E-state index in [-0.39, 0.29) is 11.7 Å². The summed E-state index contributed by atoms with van der Waals surface area (Å²) in [5.74, 6) is 0.0429. The fraction of sp³-hybridized carbons (Fsp3) is 0.0769. The lowest BCUT2D eigenvalue weighted by Gasteiger charge is -2.06. The molecule has 1 heterocycles. The van der Waals surface area contributed by atoms with Gasteiger partial charge in [0.15, 0.2) is 0 Å². The Labute approximate surface area is 123 Å². The maximum Gasteiger partial charge on any atom is 0.124 e. The molecule has 0 amide bonds. The minimum Gasteiger partial charge on any atom is -0.384 e. The third-order valence-corrected chi connectivity index (χ3v) is 4.35. The number of hydrogen-bond acceptors (Lipinski definition) is 3. The first kappa shape index (κ1) is 14.0. The zero-order valence-corrected chi connectivity index (χ0v) is 12.3. The fourth-order valence-electron chi connectivity index (χ4n) is 1.52. The molecular weight excluding hydrogens is 329 g/mol. The van der Waals surface area contributed by atoms with Crippen molar-refractivity contribution in [3.8, 4) is 0 Å². The first-order valence-corrected chi connectivity index (χ1v) is 7.21. The molecule has 19 heavy (non-hydrogen) atoms. The Bertz CT molecular complexity index is 619. The Morgan fingerprint density at radius 3 is 2.89 bits per heavy atom. The molecule has 0 radical (unpaired) electrons. The van der Waals surface area contributed by atoms with Crippen LogP contribution in [-0.4, -0.2) is 10.8 Å². The third kappa shape index (κ3) is 3.78. The van der Waals surface area contributed by atoms with Crippen molar-refractivity contribution in [1.82, 2.24) is 4.98 Å². The monoisotopic (exact) mass is 339 g/mol. The highest BCUT2D eigenvalue weighted by Gasteiger charge is 2.06. The van der Waals surface area contributed by atoms with Gasteiger partial charge in [-0.2, -0.15) is 0 Å². The van der Waals surface area contributed by atoms with Gasteiger partial charge in [-0.05, 0) is 51.8 Å². The molecule has 6 heteroatoms. The van der Waals surface area contributed by atoms with Gasteiger partial charge in [0.25, 0.3) is 0 Å². The molecule has 0 spiro atoms. The van der Waals surface area contributed by atoms with Gasteiger partial charge in [0.2, 0.25) is 0 Å². The number of nitrogens with two attached hydrogens (primary N) is 1. The maximum atomic E-state index is 13.4. The molecule has 0 bridgehead atoms. The van der Waals surface area contributed by atoms with Crippen molar-refractivity contribution in [1.29, 1.82) is 5.41 Å². The highest BCUT2D eigenvalue weighted by molar-refractivity contribution is 9.10. The molecule has 0 unspecified atom stereocenters. The van der Waals surface area contributed by atoms with E-state index in [2.05, 4.69) is 20.9 Å². The number of rotatable bonds is 4. The molecule has 3 nitrogen and oxygen atoms in total. The van der Waals surface area contributed by atoms with Gasteiger partial charge in [-0.15, -0.1) is 11.8 Å². The molecule has 98 valence electrons. The number of aromatic nitrogens is 1. The molecule has 2 rings (SSSR count). The van der Waals surface area contributed by atoms with E-state index in [9.17, 15) is 4.39 Å². The molecule has 0 aliphatic carbocycles. The Morgan fingerprint density at radius 2 is 2.21 bits per heavy atom. The largest absolute Gasteiger partial charge is 0.384 e. The van der Waals surface area contributed by atoms with Crippen LogP contribution in [0.25, 0.3) is 0 Å². The standard InChI is InChI=1S/C13H11BrFN3S/c14-11-2-1-3-18-13(11)19-7-8-4-9(12(16)17)6-10(15)5-8/h1-6H,7H2,(H3,16,17). The van der Waals surface area contributed by atoms with Crippen LogP contribution in [0.4, 0.5) is 4.39 Å². The van der Waals surface area contributed by atoms with E-state index in [1.807, 2.05) is 12.1 Å². The summed E-state index contributed by atoms with van der Waals surface area (Å²) >= 11 is 4.90. The van der Waals surface area contributed by atoms with Crippen LogP contribution in [0.3, 0.4) is 0 Å². The first-order chi connectivity index (χ1) is 9.06. The van der Waals surface area contributed by atoms with E-state index in [0.717, 1.165) is 15.1 Å². The summed E-state index contributed by atoms with van der Waals surface area (Å²) in [5, 5.41) is 8.19. The zero-order valence-electron chi connectivity index (χ0n) is 9.86. The maximum absolute atomic E-state index is 13.4. The van der Waals surface area contributed by atoms with Crippen molar-refractivity contribution in [3.05, 3.63) is 57.9 Å². The van der Waals surface area contributed by atoms with Gasteiger partial charge in [-0.25, -0.2) is 9.37 Å². The average molecular weight is 340 g/mol. The summed E-state index contributed by atoms with van der Waals surface area (Å²) in [7, 11) is 0. The van der Waals surface area contributed by atoms with E-state index < -0.39 is 0 Å². The number of amidine groups is 1. The fourth-order valence-corrected chi connectivity index (χ4v) is 2.93. The van der Waals surface area contributed by atoms with E-state index in [1.165, 1.54) is 23.9 Å². The Kier molecular flexibility index (Phi) is 4.55. The lowest BCUT2D eigenvalue weighted by molar-refractivity contribution is 0.626. The molecule has 0 fully saturated rings. The minimum atomic E-state index is -0.386. The van der Waals surface area contributed by atoms with Crippen LogP contribution in [0.1, 0.15) is 11.1 Å². The predicted octanol–water partition coefficient (Wildman–Crippen LogP) is 3.56. The van der Waals surface area contributed by atoms with Crippen molar-refractivity contribution in [3.63, 3.8) is 0 Å². The number of hydrogen-bond donors (Lipinski definition) is 2. The quantitative estimate of drug-likeness (QED) is 0.508. The summed E-state index contributed by atoms with van der Waals surface area (Å²) in [6, 6.07) is 8.16. The second-order valence-electron chi connectivity index (χ2n) is 3.84. The van der Waals surface area contributed by atoms with Gasteiger partial charge in [-0.1, -0.05) is 0 Å². The molecular formula is C13H11BrFN3S. The van der Waals surface area contributed by atoms with E-state index in [1.54, 1.807) is 12.3 Å². The lowest BCUT2D eigenvalue weighted by Crippen LogP contribution is -2.11. The summed E-state index contributed by atoms with van der Waals surface area (Å²) in [4.78, 5) is 4.23. The SMILES string of the molecule is N=C(N)c1cc(F)cc(CSc2ncccc2Br)c1. The van der Waals surface area contributed by atoms with Crippen LogP contribution < -0.4 is 5.73 Å². The van der Waals surface area contributed by atoms with Crippen molar-refractivity contribution in [2.24, 2.45) is 5.73 Å². The molecule has 0 aliphatic heterocycles. The van der Waals surface area contributed by atoms with Crippen LogP contribution in [0.2, 0.25) is 0 Å². The van der Waals surface area contributed by atoms with Crippen molar-refractivity contribution in [2.45, 2.75) is 10.8 Å². The Morgan fingerprint density at radius 1 is 1.42 bits per heavy atom. The molecule has 0 saturated heterocycles. The van der Waals surface area contributed by atoms with Crippen LogP contribution in [0.5, 0.6) is 0 Å². The number of halogens is 2. The third-order valence-electron chi connectivity index (χ3n) is 2.37. The molecule has 0 aliphatic rings. The van der Waals surface area contributed by atoms with Gasteiger partial charge in [0, 0.05) is 22.0 Å². The molecule has 3 N–H and O–H groups in total. The number of nitrogen functional groups attached to an aromatic ring is 1.